The van der Waals surface area contributed by atoms with Crippen molar-refractivity contribution in [1.82, 2.24) is 0 Å². The lowest BCUT2D eigenvalue weighted by atomic mass is 10.1. The molecule has 2 atom stereocenters. The fraction of sp³-hybridized carbons (Fsp3) is 0.500. The molecule has 0 saturated heterocycles. The molecule has 86 heavy (non-hydrogen) atoms. The molecule has 10 heteroatoms. The fourth-order valence-corrected chi connectivity index (χ4v) is 8.33. The topological polar surface area (TPSA) is 108 Å². The number of likely N-dealkylation sites (N-methyl/N-ethyl adjacent to an activating group) is 1. The molecular weight excluding hydrogens is 1090 g/mol. The molecule has 0 aliphatic heterocycles. The Morgan fingerprint density at radius 2 is 0.628 bits per heavy atom. The summed E-state index contributed by atoms with van der Waals surface area (Å²) in [5, 5.41) is 0. The number of carbonyl (C=O) groups excluding carboxylic acids is 2. The van der Waals surface area contributed by atoms with Gasteiger partial charge in [0, 0.05) is 12.8 Å². The summed E-state index contributed by atoms with van der Waals surface area (Å²) < 4.78 is 34.5. The van der Waals surface area contributed by atoms with Gasteiger partial charge in [-0.25, -0.2) is 4.57 Å². The van der Waals surface area contributed by atoms with E-state index in [2.05, 4.69) is 233 Å². The van der Waals surface area contributed by atoms with Crippen LogP contribution >= 0.6 is 7.82 Å². The Hall–Kier alpha value is -5.67. The molecule has 478 valence electrons. The first kappa shape index (κ1) is 80.3. The third kappa shape index (κ3) is 67.5. The normalized spacial score (nSPS) is 14.6. The number of rotatable bonds is 56. The molecule has 0 rings (SSSR count). The predicted molar refractivity (Wildman–Crippen MR) is 371 cm³/mol. The third-order valence-electron chi connectivity index (χ3n) is 12.5. The zero-order valence-corrected chi connectivity index (χ0v) is 55.1. The first-order valence-electron chi connectivity index (χ1n) is 32.5. The van der Waals surface area contributed by atoms with Crippen molar-refractivity contribution in [3.8, 4) is 0 Å². The van der Waals surface area contributed by atoms with E-state index in [1.807, 2.05) is 21.1 Å². The van der Waals surface area contributed by atoms with Crippen molar-refractivity contribution < 1.29 is 42.1 Å². The van der Waals surface area contributed by atoms with Gasteiger partial charge in [-0.1, -0.05) is 245 Å². The smallest absolute Gasteiger partial charge is 0.462 e. The van der Waals surface area contributed by atoms with Gasteiger partial charge in [-0.05, 0) is 154 Å². The van der Waals surface area contributed by atoms with Crippen LogP contribution in [0.3, 0.4) is 0 Å². The molecule has 0 fully saturated rings. The van der Waals surface area contributed by atoms with E-state index in [1.165, 1.54) is 0 Å². The van der Waals surface area contributed by atoms with Crippen molar-refractivity contribution in [3.05, 3.63) is 219 Å². The van der Waals surface area contributed by atoms with Crippen molar-refractivity contribution in [2.24, 2.45) is 0 Å². The minimum absolute atomic E-state index is 0.00508. The lowest BCUT2D eigenvalue weighted by Gasteiger charge is -2.24. The summed E-state index contributed by atoms with van der Waals surface area (Å²) in [5.41, 5.74) is 0. The first-order chi connectivity index (χ1) is 42.0. The van der Waals surface area contributed by atoms with Crippen LogP contribution in [0.4, 0.5) is 0 Å². The van der Waals surface area contributed by atoms with E-state index >= 15 is 0 Å². The summed E-state index contributed by atoms with van der Waals surface area (Å²) >= 11 is 0. The van der Waals surface area contributed by atoms with Crippen LogP contribution in [0.5, 0.6) is 0 Å². The Balaban J connectivity index is 4.34. The van der Waals surface area contributed by atoms with Crippen LogP contribution in [0.25, 0.3) is 0 Å². The van der Waals surface area contributed by atoms with Gasteiger partial charge in [0.05, 0.1) is 27.7 Å². The summed E-state index contributed by atoms with van der Waals surface area (Å²) in [5.74, 6) is -0.900. The van der Waals surface area contributed by atoms with Crippen LogP contribution in [-0.4, -0.2) is 74.9 Å². The monoisotopic (exact) mass is 1200 g/mol. The van der Waals surface area contributed by atoms with Gasteiger partial charge < -0.3 is 18.9 Å². The highest BCUT2D eigenvalue weighted by molar-refractivity contribution is 7.47. The molecule has 0 aromatic heterocycles. The van der Waals surface area contributed by atoms with E-state index in [9.17, 15) is 19.0 Å². The Morgan fingerprint density at radius 3 is 0.942 bits per heavy atom. The molecule has 9 nitrogen and oxygen atoms in total. The molecular formula is C76H117NO8P+. The van der Waals surface area contributed by atoms with Crippen molar-refractivity contribution >= 4 is 19.8 Å². The molecule has 0 heterocycles. The maximum absolute atomic E-state index is 12.8. The summed E-state index contributed by atoms with van der Waals surface area (Å²) in [4.78, 5) is 35.8. The second-order valence-corrected chi connectivity index (χ2v) is 23.1. The van der Waals surface area contributed by atoms with Crippen LogP contribution in [0, 0.1) is 0 Å². The first-order valence-corrected chi connectivity index (χ1v) is 34.0. The molecule has 0 radical (unpaired) electrons. The molecule has 0 aliphatic carbocycles. The number of quaternary nitrogens is 1. The van der Waals surface area contributed by atoms with Crippen molar-refractivity contribution in [2.45, 2.75) is 200 Å². The molecule has 0 amide bonds. The van der Waals surface area contributed by atoms with Crippen molar-refractivity contribution in [3.63, 3.8) is 0 Å². The van der Waals surface area contributed by atoms with E-state index in [-0.39, 0.29) is 26.1 Å². The van der Waals surface area contributed by atoms with Gasteiger partial charge in [-0.3, -0.25) is 18.6 Å². The number of unbranched alkanes of at least 4 members (excludes halogenated alkanes) is 6. The average Bonchev–Trinajstić information content (AvgIpc) is 3.56. The van der Waals surface area contributed by atoms with Crippen LogP contribution in [-0.2, 0) is 32.7 Å². The summed E-state index contributed by atoms with van der Waals surface area (Å²) in [6.45, 7) is 4.08. The van der Waals surface area contributed by atoms with E-state index in [0.717, 1.165) is 154 Å². The van der Waals surface area contributed by atoms with Gasteiger partial charge in [0.1, 0.15) is 19.8 Å². The number of phosphoric ester groups is 1. The maximum Gasteiger partial charge on any atom is 0.472 e. The Morgan fingerprint density at radius 1 is 0.360 bits per heavy atom. The number of esters is 2. The average molecular weight is 1200 g/mol. The highest BCUT2D eigenvalue weighted by Gasteiger charge is 2.27. The molecule has 0 bridgehead atoms. The van der Waals surface area contributed by atoms with E-state index < -0.39 is 32.5 Å². The van der Waals surface area contributed by atoms with Crippen LogP contribution in [0.2, 0.25) is 0 Å². The quantitative estimate of drug-likeness (QED) is 0.0211. The van der Waals surface area contributed by atoms with Gasteiger partial charge in [0.25, 0.3) is 0 Å². The predicted octanol–water partition coefficient (Wildman–Crippen LogP) is 21.3. The van der Waals surface area contributed by atoms with Crippen molar-refractivity contribution in [1.29, 1.82) is 0 Å². The summed E-state index contributed by atoms with van der Waals surface area (Å²) in [6.07, 6.45) is 103. The summed E-state index contributed by atoms with van der Waals surface area (Å²) in [7, 11) is 1.39. The van der Waals surface area contributed by atoms with Crippen molar-refractivity contribution in [2.75, 3.05) is 47.5 Å². The molecule has 0 aromatic rings. The van der Waals surface area contributed by atoms with Gasteiger partial charge in [-0.2, -0.15) is 0 Å². The number of nitrogens with zero attached hydrogens (tertiary/aromatic N) is 1. The van der Waals surface area contributed by atoms with Gasteiger partial charge in [0.15, 0.2) is 6.10 Å². The number of carbonyl (C=O) groups is 2. The molecule has 0 aliphatic rings. The third-order valence-corrected chi connectivity index (χ3v) is 13.5. The SMILES string of the molecule is CC/C=C\C/C=C\C/C=C\C/C=C\C/C=C\C/C=C\C/C=C\C/C=C\C/C=C\C/C=C\CCCCCCC(=O)OC(COC(=O)CCCC/C=C\C/C=C\C/C=C\C/C=C\C/C=C\C/C=C\C/C=C\C/C=C\CC)COP(=O)(O)OCC[N+](C)(C)C. The second-order valence-electron chi connectivity index (χ2n) is 21.7. The minimum atomic E-state index is -4.43. The van der Waals surface area contributed by atoms with Crippen LogP contribution in [0.15, 0.2) is 219 Å². The lowest BCUT2D eigenvalue weighted by Crippen LogP contribution is -2.37. The highest BCUT2D eigenvalue weighted by Crippen LogP contribution is 2.43. The van der Waals surface area contributed by atoms with E-state index in [4.69, 9.17) is 18.5 Å². The molecule has 0 aromatic carbocycles. The number of hydrogen-bond donors (Lipinski definition) is 1. The maximum atomic E-state index is 12.8. The number of allylic oxidation sites excluding steroid dienone is 36. The highest BCUT2D eigenvalue weighted by atomic mass is 31.2. The van der Waals surface area contributed by atoms with Crippen LogP contribution in [0.1, 0.15) is 194 Å². The zero-order chi connectivity index (χ0) is 62.6. The molecule has 0 spiro atoms. The minimum Gasteiger partial charge on any atom is -0.462 e. The fourth-order valence-electron chi connectivity index (χ4n) is 7.59. The largest absolute Gasteiger partial charge is 0.472 e. The van der Waals surface area contributed by atoms with Gasteiger partial charge >= 0.3 is 19.8 Å². The number of phosphoric acid groups is 1. The van der Waals surface area contributed by atoms with Gasteiger partial charge in [-0.15, -0.1) is 0 Å². The lowest BCUT2D eigenvalue weighted by molar-refractivity contribution is -0.870. The Labute approximate surface area is 525 Å². The number of ether oxygens (including phenoxy) is 2. The standard InChI is InChI=1S/C76H116NO8P/c1-6-8-10-12-14-16-18-20-22-24-26-28-30-32-34-35-36-37-38-39-40-41-43-45-47-49-51-53-55-57-59-61-63-65-67-69-76(79)85-74(73-84-86(80,81)83-71-70-77(3,4)5)72-82-75(78)68-66-64-62-60-58-56-54-52-50-48-46-44-42-33-31-29-27-25-23-21-19-17-15-13-11-9-7-2/h8-11,14-17,20-23,26-29,32-34,36-37,39-40,42-43,45-46,48-49,51-52,54-55,57-58,60,74H,6-7,12-13,18-19,24-25,30-31,35,38,41,44,47,50,53,56,59,61-73H2,1-5H3/p+1/b10-8-,11-9-,16-14-,17-15-,22-20-,23-21-,28-26-,29-27-,34-32-,37-36-,40-39-,42-33-,45-43-,48-46-,51-49-,54-52-,57-55-,60-58-. The Bertz CT molecular complexity index is 2250. The van der Waals surface area contributed by atoms with E-state index in [0.29, 0.717) is 23.9 Å². The van der Waals surface area contributed by atoms with Gasteiger partial charge in [0.2, 0.25) is 0 Å². The molecule has 1 N–H and O–H groups in total. The second kappa shape index (κ2) is 63.8. The van der Waals surface area contributed by atoms with Crippen LogP contribution < -0.4 is 0 Å². The molecule has 0 saturated carbocycles. The molecule has 2 unspecified atom stereocenters. The zero-order valence-electron chi connectivity index (χ0n) is 54.2. The number of hydrogen-bond acceptors (Lipinski definition) is 7. The Kier molecular flexibility index (Phi) is 59.6. The van der Waals surface area contributed by atoms with E-state index in [1.54, 1.807) is 0 Å². The summed E-state index contributed by atoms with van der Waals surface area (Å²) in [6, 6.07) is 0.